The molecular formula is C13H19N3O. The number of ether oxygens (including phenoxy) is 1. The van der Waals surface area contributed by atoms with Crippen molar-refractivity contribution < 1.29 is 4.74 Å². The lowest BCUT2D eigenvalue weighted by Crippen LogP contribution is -2.37. The van der Waals surface area contributed by atoms with Crippen LogP contribution >= 0.6 is 0 Å². The molecule has 0 aliphatic carbocycles. The fraction of sp³-hybridized carbons (Fsp3) is 0.615. The molecule has 3 heterocycles. The molecule has 3 rings (SSSR count). The Morgan fingerprint density at radius 2 is 2.18 bits per heavy atom. The molecule has 0 radical (unpaired) electrons. The standard InChI is InChI=1S/C13H19N3O/c1-10-8-14-9-11-2-3-12(15-13(10)11)16-4-6-17-7-5-16/h2-3,10,14H,4-9H2,1H3/t10-/m1/s1. The summed E-state index contributed by atoms with van der Waals surface area (Å²) in [4.78, 5) is 7.17. The van der Waals surface area contributed by atoms with Crippen molar-refractivity contribution in [2.75, 3.05) is 37.7 Å². The van der Waals surface area contributed by atoms with Crippen molar-refractivity contribution in [1.82, 2.24) is 10.3 Å². The zero-order valence-corrected chi connectivity index (χ0v) is 10.3. The van der Waals surface area contributed by atoms with Crippen LogP contribution in [0.4, 0.5) is 5.82 Å². The van der Waals surface area contributed by atoms with E-state index in [-0.39, 0.29) is 0 Å². The molecule has 1 aromatic heterocycles. The molecule has 0 spiro atoms. The van der Waals surface area contributed by atoms with Gasteiger partial charge >= 0.3 is 0 Å². The maximum Gasteiger partial charge on any atom is 0.128 e. The average Bonchev–Trinajstić information content (AvgIpc) is 2.40. The van der Waals surface area contributed by atoms with Gasteiger partial charge in [-0.3, -0.25) is 0 Å². The molecule has 1 N–H and O–H groups in total. The van der Waals surface area contributed by atoms with Gasteiger partial charge in [0.05, 0.1) is 18.9 Å². The minimum atomic E-state index is 0.514. The average molecular weight is 233 g/mol. The Hall–Kier alpha value is -1.13. The van der Waals surface area contributed by atoms with Gasteiger partial charge in [-0.2, -0.15) is 0 Å². The SMILES string of the molecule is C[C@@H]1CNCc2ccc(N3CCOCC3)nc21. The molecule has 2 aliphatic heterocycles. The zero-order valence-electron chi connectivity index (χ0n) is 10.3. The third-order valence-electron chi connectivity index (χ3n) is 3.57. The summed E-state index contributed by atoms with van der Waals surface area (Å²) in [6.07, 6.45) is 0. The van der Waals surface area contributed by atoms with Crippen molar-refractivity contribution in [3.8, 4) is 0 Å². The van der Waals surface area contributed by atoms with Gasteiger partial charge in [0.25, 0.3) is 0 Å². The maximum absolute atomic E-state index is 5.38. The summed E-state index contributed by atoms with van der Waals surface area (Å²) in [7, 11) is 0. The highest BCUT2D eigenvalue weighted by molar-refractivity contribution is 5.43. The van der Waals surface area contributed by atoms with E-state index in [1.165, 1.54) is 11.3 Å². The smallest absolute Gasteiger partial charge is 0.128 e. The molecule has 0 saturated carbocycles. The van der Waals surface area contributed by atoms with Crippen LogP contribution in [0.1, 0.15) is 24.1 Å². The van der Waals surface area contributed by atoms with Gasteiger partial charge in [0, 0.05) is 32.1 Å². The van der Waals surface area contributed by atoms with E-state index in [1.54, 1.807) is 0 Å². The van der Waals surface area contributed by atoms with Gasteiger partial charge in [-0.1, -0.05) is 13.0 Å². The molecule has 4 heteroatoms. The Bertz CT molecular complexity index is 402. The molecule has 0 aromatic carbocycles. The molecule has 17 heavy (non-hydrogen) atoms. The molecule has 1 fully saturated rings. The largest absolute Gasteiger partial charge is 0.378 e. The van der Waals surface area contributed by atoms with E-state index in [0.29, 0.717) is 5.92 Å². The Balaban J connectivity index is 1.88. The second kappa shape index (κ2) is 4.63. The van der Waals surface area contributed by atoms with Crippen molar-refractivity contribution in [2.45, 2.75) is 19.4 Å². The Labute approximate surface area is 102 Å². The van der Waals surface area contributed by atoms with E-state index in [2.05, 4.69) is 29.3 Å². The third-order valence-corrected chi connectivity index (χ3v) is 3.57. The Kier molecular flexibility index (Phi) is 2.99. The maximum atomic E-state index is 5.38. The normalized spacial score (nSPS) is 24.5. The number of aromatic nitrogens is 1. The van der Waals surface area contributed by atoms with Crippen LogP contribution < -0.4 is 10.2 Å². The minimum Gasteiger partial charge on any atom is -0.378 e. The number of anilines is 1. The van der Waals surface area contributed by atoms with Crippen LogP contribution in [-0.4, -0.2) is 37.8 Å². The molecule has 4 nitrogen and oxygen atoms in total. The van der Waals surface area contributed by atoms with Crippen molar-refractivity contribution in [3.05, 3.63) is 23.4 Å². The van der Waals surface area contributed by atoms with Crippen LogP contribution in [-0.2, 0) is 11.3 Å². The highest BCUT2D eigenvalue weighted by Crippen LogP contribution is 2.24. The number of hydrogen-bond acceptors (Lipinski definition) is 4. The van der Waals surface area contributed by atoms with Gasteiger partial charge < -0.3 is 15.0 Å². The number of morpholine rings is 1. The van der Waals surface area contributed by atoms with Crippen molar-refractivity contribution in [1.29, 1.82) is 0 Å². The van der Waals surface area contributed by atoms with E-state index >= 15 is 0 Å². The Morgan fingerprint density at radius 3 is 3.00 bits per heavy atom. The monoisotopic (exact) mass is 233 g/mol. The third kappa shape index (κ3) is 2.15. The molecule has 0 unspecified atom stereocenters. The van der Waals surface area contributed by atoms with Gasteiger partial charge in [-0.15, -0.1) is 0 Å². The summed E-state index contributed by atoms with van der Waals surface area (Å²) >= 11 is 0. The molecule has 92 valence electrons. The molecule has 1 aromatic rings. The number of nitrogens with one attached hydrogen (secondary N) is 1. The predicted molar refractivity (Wildman–Crippen MR) is 67.4 cm³/mol. The topological polar surface area (TPSA) is 37.4 Å². The van der Waals surface area contributed by atoms with E-state index in [1.807, 2.05) is 0 Å². The highest BCUT2D eigenvalue weighted by atomic mass is 16.5. The van der Waals surface area contributed by atoms with E-state index in [4.69, 9.17) is 9.72 Å². The number of hydrogen-bond donors (Lipinski definition) is 1. The zero-order chi connectivity index (χ0) is 11.7. The fourth-order valence-corrected chi connectivity index (χ4v) is 2.56. The summed E-state index contributed by atoms with van der Waals surface area (Å²) in [6.45, 7) is 7.77. The fourth-order valence-electron chi connectivity index (χ4n) is 2.56. The first kappa shape index (κ1) is 11.0. The second-order valence-electron chi connectivity index (χ2n) is 4.85. The predicted octanol–water partition coefficient (Wildman–Crippen LogP) is 1.12. The number of fused-ring (bicyclic) bond motifs is 1. The van der Waals surface area contributed by atoms with Crippen LogP contribution in [0.3, 0.4) is 0 Å². The van der Waals surface area contributed by atoms with Gasteiger partial charge in [0.2, 0.25) is 0 Å². The molecule has 0 bridgehead atoms. The lowest BCUT2D eigenvalue weighted by molar-refractivity contribution is 0.122. The molecule has 0 amide bonds. The van der Waals surface area contributed by atoms with E-state index < -0.39 is 0 Å². The summed E-state index contributed by atoms with van der Waals surface area (Å²) in [6, 6.07) is 4.36. The van der Waals surface area contributed by atoms with Crippen LogP contribution in [0.25, 0.3) is 0 Å². The first-order valence-corrected chi connectivity index (χ1v) is 6.38. The van der Waals surface area contributed by atoms with Gasteiger partial charge in [0.1, 0.15) is 5.82 Å². The van der Waals surface area contributed by atoms with Crippen LogP contribution in [0.15, 0.2) is 12.1 Å². The van der Waals surface area contributed by atoms with E-state index in [0.717, 1.165) is 45.2 Å². The molecular weight excluding hydrogens is 214 g/mol. The molecule has 1 atom stereocenters. The van der Waals surface area contributed by atoms with Crippen LogP contribution in [0.2, 0.25) is 0 Å². The number of rotatable bonds is 1. The summed E-state index contributed by atoms with van der Waals surface area (Å²) in [5, 5.41) is 3.42. The molecule has 1 saturated heterocycles. The number of pyridine rings is 1. The van der Waals surface area contributed by atoms with Crippen molar-refractivity contribution in [2.24, 2.45) is 0 Å². The highest BCUT2D eigenvalue weighted by Gasteiger charge is 2.20. The molecule has 2 aliphatic rings. The first-order chi connectivity index (χ1) is 8.34. The van der Waals surface area contributed by atoms with Gasteiger partial charge in [-0.25, -0.2) is 4.98 Å². The van der Waals surface area contributed by atoms with Gasteiger partial charge in [-0.05, 0) is 11.6 Å². The quantitative estimate of drug-likeness (QED) is 0.789. The summed E-state index contributed by atoms with van der Waals surface area (Å²) in [5.74, 6) is 1.63. The van der Waals surface area contributed by atoms with Crippen LogP contribution in [0, 0.1) is 0 Å². The minimum absolute atomic E-state index is 0.514. The van der Waals surface area contributed by atoms with Crippen LogP contribution in [0.5, 0.6) is 0 Å². The van der Waals surface area contributed by atoms with Crippen molar-refractivity contribution >= 4 is 5.82 Å². The number of nitrogens with zero attached hydrogens (tertiary/aromatic N) is 2. The Morgan fingerprint density at radius 1 is 1.35 bits per heavy atom. The first-order valence-electron chi connectivity index (χ1n) is 6.38. The van der Waals surface area contributed by atoms with Crippen molar-refractivity contribution in [3.63, 3.8) is 0 Å². The summed E-state index contributed by atoms with van der Waals surface area (Å²) in [5.41, 5.74) is 2.62. The lowest BCUT2D eigenvalue weighted by Gasteiger charge is -2.30. The summed E-state index contributed by atoms with van der Waals surface area (Å²) < 4.78 is 5.38. The van der Waals surface area contributed by atoms with Gasteiger partial charge in [0.15, 0.2) is 0 Å². The van der Waals surface area contributed by atoms with E-state index in [9.17, 15) is 0 Å². The lowest BCUT2D eigenvalue weighted by atomic mass is 9.98. The second-order valence-corrected chi connectivity index (χ2v) is 4.85.